The Balaban J connectivity index is 1.57. The fourth-order valence-electron chi connectivity index (χ4n) is 2.99. The lowest BCUT2D eigenvalue weighted by molar-refractivity contribution is 0.102. The molecule has 136 valence electrons. The first-order chi connectivity index (χ1) is 12.5. The molecule has 3 aromatic rings. The number of aryl methyl sites for hydroxylation is 1. The summed E-state index contributed by atoms with van der Waals surface area (Å²) in [5, 5.41) is 6.52. The van der Waals surface area contributed by atoms with Crippen LogP contribution in [0.4, 0.5) is 19.5 Å². The first-order valence-corrected chi connectivity index (χ1v) is 9.04. The molecule has 6 nitrogen and oxygen atoms in total. The maximum Gasteiger partial charge on any atom is 0.268 e. The lowest BCUT2D eigenvalue weighted by Gasteiger charge is -2.27. The van der Waals surface area contributed by atoms with E-state index in [2.05, 4.69) is 15.6 Å². The van der Waals surface area contributed by atoms with Gasteiger partial charge in [0, 0.05) is 50.7 Å². The fourth-order valence-corrected chi connectivity index (χ4v) is 3.97. The SMILES string of the molecule is Cc1cn2cc(NC(=O)c3sc(N4CCNCC4)cc3F)cc(F)c2n1. The van der Waals surface area contributed by atoms with Crippen molar-refractivity contribution in [2.75, 3.05) is 36.4 Å². The second kappa shape index (κ2) is 6.65. The molecule has 1 fully saturated rings. The monoisotopic (exact) mass is 377 g/mol. The maximum absolute atomic E-state index is 14.3. The van der Waals surface area contributed by atoms with Crippen LogP contribution in [0.5, 0.6) is 0 Å². The molecule has 1 aliphatic heterocycles. The summed E-state index contributed by atoms with van der Waals surface area (Å²) in [5.41, 5.74) is 1.09. The van der Waals surface area contributed by atoms with Gasteiger partial charge in [-0.3, -0.25) is 4.79 Å². The number of amides is 1. The number of anilines is 2. The highest BCUT2D eigenvalue weighted by molar-refractivity contribution is 7.18. The quantitative estimate of drug-likeness (QED) is 0.737. The van der Waals surface area contributed by atoms with Crippen molar-refractivity contribution < 1.29 is 13.6 Å². The van der Waals surface area contributed by atoms with Crippen LogP contribution >= 0.6 is 11.3 Å². The van der Waals surface area contributed by atoms with Gasteiger partial charge in [-0.1, -0.05) is 0 Å². The molecular formula is C17H17F2N5OS. The molecule has 1 aliphatic rings. The number of nitrogens with zero attached hydrogens (tertiary/aromatic N) is 3. The van der Waals surface area contributed by atoms with Crippen molar-refractivity contribution in [3.63, 3.8) is 0 Å². The molecule has 1 amide bonds. The van der Waals surface area contributed by atoms with Gasteiger partial charge < -0.3 is 19.9 Å². The van der Waals surface area contributed by atoms with Crippen LogP contribution in [0.25, 0.3) is 5.65 Å². The van der Waals surface area contributed by atoms with E-state index in [4.69, 9.17) is 0 Å². The zero-order valence-corrected chi connectivity index (χ0v) is 14.9. The number of carbonyl (C=O) groups excluding carboxylic acids is 1. The molecule has 0 aliphatic carbocycles. The Morgan fingerprint density at radius 2 is 2.00 bits per heavy atom. The molecule has 3 aromatic heterocycles. The molecule has 1 saturated heterocycles. The van der Waals surface area contributed by atoms with Gasteiger partial charge >= 0.3 is 0 Å². The number of halogens is 2. The minimum Gasteiger partial charge on any atom is -0.361 e. The molecule has 0 radical (unpaired) electrons. The average Bonchev–Trinajstić information content (AvgIpc) is 3.18. The van der Waals surface area contributed by atoms with Crippen molar-refractivity contribution >= 4 is 33.6 Å². The van der Waals surface area contributed by atoms with Gasteiger partial charge in [-0.15, -0.1) is 11.3 Å². The van der Waals surface area contributed by atoms with Gasteiger partial charge in [0.1, 0.15) is 10.7 Å². The third-order valence-electron chi connectivity index (χ3n) is 4.19. The van der Waals surface area contributed by atoms with Crippen molar-refractivity contribution in [2.24, 2.45) is 0 Å². The zero-order chi connectivity index (χ0) is 18.3. The van der Waals surface area contributed by atoms with E-state index in [0.717, 1.165) is 42.5 Å². The first kappa shape index (κ1) is 16.9. The number of carbonyl (C=O) groups is 1. The topological polar surface area (TPSA) is 61.7 Å². The van der Waals surface area contributed by atoms with Crippen LogP contribution in [-0.2, 0) is 0 Å². The highest BCUT2D eigenvalue weighted by Crippen LogP contribution is 2.30. The summed E-state index contributed by atoms with van der Waals surface area (Å²) in [4.78, 5) is 18.6. The van der Waals surface area contributed by atoms with Gasteiger partial charge in [0.25, 0.3) is 5.91 Å². The van der Waals surface area contributed by atoms with E-state index in [0.29, 0.717) is 5.69 Å². The highest BCUT2D eigenvalue weighted by atomic mass is 32.1. The van der Waals surface area contributed by atoms with Crippen molar-refractivity contribution in [3.05, 3.63) is 46.7 Å². The van der Waals surface area contributed by atoms with E-state index in [1.165, 1.54) is 16.5 Å². The van der Waals surface area contributed by atoms with Crippen LogP contribution in [0, 0.1) is 18.6 Å². The molecule has 4 rings (SSSR count). The maximum atomic E-state index is 14.3. The van der Waals surface area contributed by atoms with Gasteiger partial charge in [-0.05, 0) is 6.92 Å². The van der Waals surface area contributed by atoms with E-state index in [1.54, 1.807) is 19.3 Å². The minimum absolute atomic E-state index is 0.0131. The largest absolute Gasteiger partial charge is 0.361 e. The molecule has 9 heteroatoms. The Labute approximate surface area is 152 Å². The fraction of sp³-hybridized carbons (Fsp3) is 0.294. The van der Waals surface area contributed by atoms with Gasteiger partial charge in [-0.2, -0.15) is 0 Å². The van der Waals surface area contributed by atoms with Crippen LogP contribution in [0.15, 0.2) is 24.5 Å². The number of imidazole rings is 1. The summed E-state index contributed by atoms with van der Waals surface area (Å²) >= 11 is 1.10. The van der Waals surface area contributed by atoms with Gasteiger partial charge in [-0.25, -0.2) is 13.8 Å². The van der Waals surface area contributed by atoms with E-state index >= 15 is 0 Å². The smallest absolute Gasteiger partial charge is 0.268 e. The molecule has 0 aromatic carbocycles. The first-order valence-electron chi connectivity index (χ1n) is 8.22. The molecule has 0 saturated carbocycles. The number of rotatable bonds is 3. The summed E-state index contributed by atoms with van der Waals surface area (Å²) in [6.45, 7) is 4.93. The lowest BCUT2D eigenvalue weighted by atomic mass is 10.3. The molecule has 0 unspecified atom stereocenters. The number of pyridine rings is 1. The van der Waals surface area contributed by atoms with Crippen LogP contribution in [0.1, 0.15) is 15.4 Å². The van der Waals surface area contributed by atoms with Crippen molar-refractivity contribution in [2.45, 2.75) is 6.92 Å². The molecule has 0 spiro atoms. The predicted octanol–water partition coefficient (Wildman–Crippen LogP) is 2.64. The number of nitrogens with one attached hydrogen (secondary N) is 2. The number of aromatic nitrogens is 2. The molecule has 2 N–H and O–H groups in total. The van der Waals surface area contributed by atoms with Crippen molar-refractivity contribution in [3.8, 4) is 0 Å². The summed E-state index contributed by atoms with van der Waals surface area (Å²) in [5.74, 6) is -1.71. The zero-order valence-electron chi connectivity index (χ0n) is 14.1. The van der Waals surface area contributed by atoms with Crippen LogP contribution in [0.2, 0.25) is 0 Å². The minimum atomic E-state index is -0.593. The second-order valence-corrected chi connectivity index (χ2v) is 7.17. The predicted molar refractivity (Wildman–Crippen MR) is 97.2 cm³/mol. The number of fused-ring (bicyclic) bond motifs is 1. The highest BCUT2D eigenvalue weighted by Gasteiger charge is 2.21. The Bertz CT molecular complexity index is 977. The van der Waals surface area contributed by atoms with E-state index in [-0.39, 0.29) is 16.2 Å². The van der Waals surface area contributed by atoms with Crippen molar-refractivity contribution in [1.29, 1.82) is 0 Å². The summed E-state index contributed by atoms with van der Waals surface area (Å²) < 4.78 is 29.9. The molecule has 0 bridgehead atoms. The number of piperazine rings is 1. The number of hydrogen-bond acceptors (Lipinski definition) is 5. The van der Waals surface area contributed by atoms with E-state index in [1.807, 2.05) is 4.90 Å². The second-order valence-electron chi connectivity index (χ2n) is 6.14. The summed E-state index contributed by atoms with van der Waals surface area (Å²) in [6.07, 6.45) is 3.21. The Kier molecular flexibility index (Phi) is 4.33. The molecule has 4 heterocycles. The van der Waals surface area contributed by atoms with Crippen molar-refractivity contribution in [1.82, 2.24) is 14.7 Å². The van der Waals surface area contributed by atoms with Crippen LogP contribution in [0.3, 0.4) is 0 Å². The Morgan fingerprint density at radius 1 is 1.23 bits per heavy atom. The Morgan fingerprint density at radius 3 is 2.77 bits per heavy atom. The van der Waals surface area contributed by atoms with Gasteiger partial charge in [0.2, 0.25) is 0 Å². The van der Waals surface area contributed by atoms with Gasteiger partial charge in [0.15, 0.2) is 11.5 Å². The standard InChI is InChI=1S/C17H17F2N5OS/c1-10-8-24-9-11(6-13(19)16(24)21-10)22-17(25)15-12(18)7-14(26-15)23-4-2-20-3-5-23/h6-9,20H,2-5H2,1H3,(H,22,25). The van der Waals surface area contributed by atoms with Gasteiger partial charge in [0.05, 0.1) is 16.4 Å². The molecule has 26 heavy (non-hydrogen) atoms. The molecule has 0 atom stereocenters. The number of thiophene rings is 1. The lowest BCUT2D eigenvalue weighted by Crippen LogP contribution is -2.43. The third-order valence-corrected chi connectivity index (χ3v) is 5.36. The number of hydrogen-bond donors (Lipinski definition) is 2. The van der Waals surface area contributed by atoms with E-state index in [9.17, 15) is 13.6 Å². The van der Waals surface area contributed by atoms with Crippen LogP contribution < -0.4 is 15.5 Å². The Hall–Kier alpha value is -2.52. The third kappa shape index (κ3) is 3.15. The summed E-state index contributed by atoms with van der Waals surface area (Å²) in [6, 6.07) is 2.57. The normalized spacial score (nSPS) is 14.8. The van der Waals surface area contributed by atoms with E-state index < -0.39 is 17.5 Å². The van der Waals surface area contributed by atoms with Crippen LogP contribution in [-0.4, -0.2) is 41.5 Å². The molecular weight excluding hydrogens is 360 g/mol. The average molecular weight is 377 g/mol. The summed E-state index contributed by atoms with van der Waals surface area (Å²) in [7, 11) is 0.